The van der Waals surface area contributed by atoms with Gasteiger partial charge in [0.1, 0.15) is 22.9 Å². The Morgan fingerprint density at radius 3 is 2.57 bits per heavy atom. The third-order valence-electron chi connectivity index (χ3n) is 3.48. The van der Waals surface area contributed by atoms with E-state index in [1.165, 1.54) is 6.07 Å². The highest BCUT2D eigenvalue weighted by Crippen LogP contribution is 2.39. The molecule has 3 aromatic rings. The maximum absolute atomic E-state index is 10.1. The molecule has 0 amide bonds. The van der Waals surface area contributed by atoms with E-state index < -0.39 is 0 Å². The minimum atomic E-state index is -0.0623. The second-order valence-electron chi connectivity index (χ2n) is 5.01. The lowest BCUT2D eigenvalue weighted by atomic mass is 10.0. The average Bonchev–Trinajstić information content (AvgIpc) is 2.98. The van der Waals surface area contributed by atoms with Gasteiger partial charge in [-0.15, -0.1) is 0 Å². The molecule has 3 N–H and O–H groups in total. The van der Waals surface area contributed by atoms with Crippen LogP contribution < -0.4 is 4.74 Å². The average molecular weight is 331 g/mol. The Bertz CT molecular complexity index is 828. The molecule has 0 radical (unpaired) electrons. The number of aryl methyl sites for hydroxylation is 1. The van der Waals surface area contributed by atoms with Gasteiger partial charge in [-0.05, 0) is 42.3 Å². The molecule has 118 valence electrons. The Morgan fingerprint density at radius 1 is 1.13 bits per heavy atom. The Hall–Kier alpha value is -2.66. The number of rotatable bonds is 4. The topological polar surface area (TPSA) is 78.4 Å². The van der Waals surface area contributed by atoms with Crippen molar-refractivity contribution in [2.75, 3.05) is 0 Å². The molecule has 2 aromatic carbocycles. The van der Waals surface area contributed by atoms with E-state index in [0.717, 1.165) is 5.56 Å². The summed E-state index contributed by atoms with van der Waals surface area (Å²) < 4.78 is 5.79. The van der Waals surface area contributed by atoms with Gasteiger partial charge >= 0.3 is 0 Å². The summed E-state index contributed by atoms with van der Waals surface area (Å²) in [7, 11) is 0. The number of ether oxygens (including phenoxy) is 1. The molecule has 0 unspecified atom stereocenters. The molecular weight excluding hydrogens is 316 g/mol. The van der Waals surface area contributed by atoms with Crippen LogP contribution in [-0.2, 0) is 6.42 Å². The molecule has 0 saturated carbocycles. The Balaban J connectivity index is 1.99. The first-order valence-corrected chi connectivity index (χ1v) is 7.48. The van der Waals surface area contributed by atoms with Gasteiger partial charge in [0.15, 0.2) is 5.75 Å². The van der Waals surface area contributed by atoms with Crippen LogP contribution in [0.5, 0.6) is 23.0 Å². The van der Waals surface area contributed by atoms with E-state index in [-0.39, 0.29) is 11.5 Å². The van der Waals surface area contributed by atoms with Crippen LogP contribution in [0.3, 0.4) is 0 Å². The summed E-state index contributed by atoms with van der Waals surface area (Å²) in [6.45, 7) is 1.92. The number of aromatic nitrogens is 2. The molecule has 5 nitrogen and oxygen atoms in total. The largest absolute Gasteiger partial charge is 0.508 e. The number of nitrogens with zero attached hydrogens (tertiary/aromatic N) is 1. The first-order chi connectivity index (χ1) is 11.1. The lowest BCUT2D eigenvalue weighted by Gasteiger charge is -2.10. The summed E-state index contributed by atoms with van der Waals surface area (Å²) in [6.07, 6.45) is 2.23. The summed E-state index contributed by atoms with van der Waals surface area (Å²) in [6, 6.07) is 9.96. The molecule has 1 heterocycles. The minimum Gasteiger partial charge on any atom is -0.508 e. The minimum absolute atomic E-state index is 0.0597. The van der Waals surface area contributed by atoms with Crippen LogP contribution in [0.4, 0.5) is 0 Å². The van der Waals surface area contributed by atoms with E-state index in [1.54, 1.807) is 36.5 Å². The number of aromatic hydroxyl groups is 2. The van der Waals surface area contributed by atoms with E-state index in [2.05, 4.69) is 10.2 Å². The van der Waals surface area contributed by atoms with Crippen molar-refractivity contribution in [3.05, 3.63) is 53.2 Å². The molecule has 0 aliphatic carbocycles. The third-order valence-corrected chi connectivity index (χ3v) is 3.73. The summed E-state index contributed by atoms with van der Waals surface area (Å²) in [5.41, 5.74) is 1.68. The summed E-state index contributed by atoms with van der Waals surface area (Å²) >= 11 is 5.86. The van der Waals surface area contributed by atoms with Crippen molar-refractivity contribution in [2.45, 2.75) is 13.3 Å². The number of phenolic OH excluding ortho intramolecular Hbond substituents is 2. The molecule has 3 rings (SSSR count). The highest BCUT2D eigenvalue weighted by atomic mass is 35.5. The fraction of sp³-hybridized carbons (Fsp3) is 0.118. The van der Waals surface area contributed by atoms with Crippen LogP contribution in [0.2, 0.25) is 5.02 Å². The summed E-state index contributed by atoms with van der Waals surface area (Å²) in [5.74, 6) is 1.07. The second kappa shape index (κ2) is 6.22. The van der Waals surface area contributed by atoms with Crippen molar-refractivity contribution >= 4 is 11.6 Å². The van der Waals surface area contributed by atoms with Crippen LogP contribution in [0.1, 0.15) is 12.5 Å². The number of H-pyrrole nitrogens is 1. The van der Waals surface area contributed by atoms with E-state index >= 15 is 0 Å². The van der Waals surface area contributed by atoms with E-state index in [4.69, 9.17) is 16.3 Å². The fourth-order valence-electron chi connectivity index (χ4n) is 2.27. The van der Waals surface area contributed by atoms with Gasteiger partial charge in [0.2, 0.25) is 0 Å². The maximum Gasteiger partial charge on any atom is 0.173 e. The Kier molecular flexibility index (Phi) is 4.12. The van der Waals surface area contributed by atoms with Crippen molar-refractivity contribution in [3.8, 4) is 34.3 Å². The highest BCUT2D eigenvalue weighted by Gasteiger charge is 2.17. The summed E-state index contributed by atoms with van der Waals surface area (Å²) in [4.78, 5) is 0. The number of halogens is 1. The Labute approximate surface area is 138 Å². The van der Waals surface area contributed by atoms with E-state index in [0.29, 0.717) is 34.2 Å². The zero-order valence-corrected chi connectivity index (χ0v) is 13.1. The van der Waals surface area contributed by atoms with Crippen molar-refractivity contribution in [3.63, 3.8) is 0 Å². The number of aromatic amines is 1. The van der Waals surface area contributed by atoms with E-state index in [9.17, 15) is 10.2 Å². The van der Waals surface area contributed by atoms with Gasteiger partial charge in [-0.25, -0.2) is 0 Å². The molecule has 1 aromatic heterocycles. The van der Waals surface area contributed by atoms with Crippen LogP contribution in [0, 0.1) is 0 Å². The van der Waals surface area contributed by atoms with Crippen LogP contribution in [0.15, 0.2) is 42.6 Å². The zero-order valence-electron chi connectivity index (χ0n) is 12.4. The molecule has 0 aliphatic rings. The molecule has 0 fully saturated rings. The van der Waals surface area contributed by atoms with E-state index in [1.807, 2.05) is 6.92 Å². The van der Waals surface area contributed by atoms with Crippen molar-refractivity contribution < 1.29 is 14.9 Å². The van der Waals surface area contributed by atoms with Gasteiger partial charge in [-0.2, -0.15) is 5.10 Å². The lowest BCUT2D eigenvalue weighted by Crippen LogP contribution is -1.89. The second-order valence-corrected chi connectivity index (χ2v) is 5.44. The quantitative estimate of drug-likeness (QED) is 0.658. The van der Waals surface area contributed by atoms with Crippen LogP contribution in [0.25, 0.3) is 11.3 Å². The number of hydrogen-bond donors (Lipinski definition) is 3. The molecule has 0 aliphatic heterocycles. The van der Waals surface area contributed by atoms with Gasteiger partial charge in [-0.3, -0.25) is 5.10 Å². The predicted octanol–water partition coefficient (Wildman–Crippen LogP) is 4.50. The van der Waals surface area contributed by atoms with Crippen molar-refractivity contribution in [1.29, 1.82) is 0 Å². The van der Waals surface area contributed by atoms with Gasteiger partial charge in [0, 0.05) is 16.7 Å². The smallest absolute Gasteiger partial charge is 0.173 e. The molecular formula is C17H15ClN2O3. The number of nitrogens with one attached hydrogen (secondary N) is 1. The number of hydrogen-bond acceptors (Lipinski definition) is 4. The zero-order chi connectivity index (χ0) is 16.4. The molecule has 0 atom stereocenters. The van der Waals surface area contributed by atoms with Gasteiger partial charge in [0.25, 0.3) is 0 Å². The van der Waals surface area contributed by atoms with Gasteiger partial charge in [-0.1, -0.05) is 18.5 Å². The number of benzene rings is 2. The molecule has 23 heavy (non-hydrogen) atoms. The third kappa shape index (κ3) is 3.10. The standard InChI is InChI=1S/C17H15ClN2O3/c1-2-10-7-13(15(22)8-14(10)21)17-16(9-19-20-17)23-12-5-3-11(18)4-6-12/h3-9,21-22H,2H2,1H3,(H,19,20). The fourth-order valence-corrected chi connectivity index (χ4v) is 2.40. The Morgan fingerprint density at radius 2 is 1.87 bits per heavy atom. The first-order valence-electron chi connectivity index (χ1n) is 7.11. The molecule has 0 saturated heterocycles. The lowest BCUT2D eigenvalue weighted by molar-refractivity contribution is 0.446. The molecule has 0 spiro atoms. The van der Waals surface area contributed by atoms with Crippen LogP contribution in [-0.4, -0.2) is 20.4 Å². The monoisotopic (exact) mass is 330 g/mol. The predicted molar refractivity (Wildman–Crippen MR) is 88.3 cm³/mol. The van der Waals surface area contributed by atoms with Crippen molar-refractivity contribution in [2.24, 2.45) is 0 Å². The summed E-state index contributed by atoms with van der Waals surface area (Å²) in [5, 5.41) is 27.4. The van der Waals surface area contributed by atoms with Gasteiger partial charge < -0.3 is 14.9 Å². The SMILES string of the molecule is CCc1cc(-c2n[nH]cc2Oc2ccc(Cl)cc2)c(O)cc1O. The normalized spacial score (nSPS) is 10.7. The highest BCUT2D eigenvalue weighted by molar-refractivity contribution is 6.30. The molecule has 0 bridgehead atoms. The van der Waals surface area contributed by atoms with Gasteiger partial charge in [0.05, 0.1) is 6.20 Å². The first kappa shape index (κ1) is 15.2. The number of phenols is 2. The maximum atomic E-state index is 10.1. The van der Waals surface area contributed by atoms with Crippen LogP contribution >= 0.6 is 11.6 Å². The van der Waals surface area contributed by atoms with Crippen molar-refractivity contribution in [1.82, 2.24) is 10.2 Å². The molecule has 6 heteroatoms.